The fourth-order valence-electron chi connectivity index (χ4n) is 1.90. The van der Waals surface area contributed by atoms with Crippen LogP contribution in [0, 0.1) is 0 Å². The molecule has 0 aliphatic carbocycles. The Hall–Kier alpha value is -1.31. The van der Waals surface area contributed by atoms with Gasteiger partial charge < -0.3 is 9.84 Å². The van der Waals surface area contributed by atoms with Gasteiger partial charge >= 0.3 is 12.1 Å². The molecule has 1 aliphatic heterocycles. The topological polar surface area (TPSA) is 66.8 Å². The van der Waals surface area contributed by atoms with E-state index < -0.39 is 23.8 Å². The zero-order valence-electron chi connectivity index (χ0n) is 9.67. The fraction of sp³-hybridized carbons (Fsp3) is 0.333. The van der Waals surface area contributed by atoms with Gasteiger partial charge in [-0.2, -0.15) is 0 Å². The Labute approximate surface area is 118 Å². The summed E-state index contributed by atoms with van der Waals surface area (Å²) in [7, 11) is 0. The molecule has 0 spiro atoms. The minimum absolute atomic E-state index is 0.346. The number of rotatable bonds is 2. The van der Waals surface area contributed by atoms with E-state index >= 15 is 0 Å². The van der Waals surface area contributed by atoms with E-state index in [0.717, 1.165) is 4.90 Å². The largest absolute Gasteiger partial charge is 0.465 e. The van der Waals surface area contributed by atoms with Crippen molar-refractivity contribution >= 4 is 34.7 Å². The van der Waals surface area contributed by atoms with Crippen LogP contribution in [0.2, 0.25) is 0 Å². The van der Waals surface area contributed by atoms with Crippen LogP contribution < -0.4 is 0 Å². The summed E-state index contributed by atoms with van der Waals surface area (Å²) in [4.78, 5) is 24.4. The molecule has 2 rings (SSSR count). The Balaban J connectivity index is 2.44. The van der Waals surface area contributed by atoms with Gasteiger partial charge in [-0.1, -0.05) is 52.9 Å². The number of cyclic esters (lactones) is 1. The zero-order valence-corrected chi connectivity index (χ0v) is 11.8. The molecule has 1 aliphatic rings. The molecule has 1 unspecified atom stereocenters. The third kappa shape index (κ3) is 1.94. The zero-order chi connectivity index (χ0) is 13.3. The number of alkyl halides is 1. The molecule has 1 saturated heterocycles. The van der Waals surface area contributed by atoms with Crippen molar-refractivity contribution in [3.63, 3.8) is 0 Å². The van der Waals surface area contributed by atoms with Crippen molar-refractivity contribution in [2.24, 2.45) is 0 Å². The lowest BCUT2D eigenvalue weighted by Gasteiger charge is -2.29. The summed E-state index contributed by atoms with van der Waals surface area (Å²) < 4.78 is 5.58. The Morgan fingerprint density at radius 2 is 2.11 bits per heavy atom. The van der Waals surface area contributed by atoms with Crippen molar-refractivity contribution in [3.8, 4) is 0 Å². The number of carboxylic acid groups (broad SMARTS) is 1. The normalized spacial score (nSPS) is 27.1. The van der Waals surface area contributed by atoms with Crippen LogP contribution in [0.15, 0.2) is 30.3 Å². The van der Waals surface area contributed by atoms with Crippen molar-refractivity contribution in [2.45, 2.75) is 18.7 Å². The number of nitrogens with zero attached hydrogens (tertiary/aromatic N) is 1. The first kappa shape index (κ1) is 13.1. The van der Waals surface area contributed by atoms with Crippen LogP contribution in [0.5, 0.6) is 0 Å². The predicted molar refractivity (Wildman–Crippen MR) is 72.4 cm³/mol. The summed E-state index contributed by atoms with van der Waals surface area (Å²) in [5.41, 5.74) is -0.478. The van der Waals surface area contributed by atoms with Gasteiger partial charge in [-0.3, -0.25) is 4.90 Å². The number of hydrogen-bond donors (Lipinski definition) is 1. The third-order valence-corrected chi connectivity index (χ3v) is 4.46. The van der Waals surface area contributed by atoms with Crippen LogP contribution in [0.1, 0.15) is 18.7 Å². The van der Waals surface area contributed by atoms with E-state index in [4.69, 9.17) is 4.74 Å². The van der Waals surface area contributed by atoms with Crippen molar-refractivity contribution in [1.29, 1.82) is 0 Å². The number of halogens is 1. The Bertz CT molecular complexity index is 478. The average Bonchev–Trinajstić information content (AvgIpc) is 2.64. The van der Waals surface area contributed by atoms with Crippen molar-refractivity contribution in [3.05, 3.63) is 35.9 Å². The van der Waals surface area contributed by atoms with Gasteiger partial charge in [-0.05, 0) is 6.92 Å². The quantitative estimate of drug-likeness (QED) is 0.499. The van der Waals surface area contributed by atoms with Crippen LogP contribution in [-0.4, -0.2) is 32.0 Å². The van der Waals surface area contributed by atoms with Gasteiger partial charge in [0.05, 0.1) is 0 Å². The summed E-state index contributed by atoms with van der Waals surface area (Å²) in [6.45, 7) is 1.58. The molecule has 6 heteroatoms. The lowest BCUT2D eigenvalue weighted by Crippen LogP contribution is -2.50. The number of benzene rings is 1. The smallest absolute Gasteiger partial charge is 0.411 e. The molecule has 1 heterocycles. The molecule has 1 aromatic rings. The fourth-order valence-corrected chi connectivity index (χ4v) is 2.58. The maximum Gasteiger partial charge on any atom is 0.411 e. The molecule has 1 fully saturated rings. The summed E-state index contributed by atoms with van der Waals surface area (Å²) in [6, 6.07) is 8.87. The Morgan fingerprint density at radius 1 is 1.50 bits per heavy atom. The maximum absolute atomic E-state index is 11.9. The SMILES string of the molecule is CC1(CI)C(=O)O[C@H](c2ccccc2)N1C(=O)O. The second-order valence-corrected chi connectivity index (χ2v) is 4.99. The van der Waals surface area contributed by atoms with Crippen molar-refractivity contribution < 1.29 is 19.4 Å². The molecule has 1 aromatic carbocycles. The second kappa shape index (κ2) is 4.75. The molecule has 5 nitrogen and oxygen atoms in total. The number of ether oxygens (including phenoxy) is 1. The average molecular weight is 361 g/mol. The molecule has 0 aromatic heterocycles. The predicted octanol–water partition coefficient (Wildman–Crippen LogP) is 2.42. The highest BCUT2D eigenvalue weighted by atomic mass is 127. The number of esters is 1. The van der Waals surface area contributed by atoms with Crippen LogP contribution in [0.3, 0.4) is 0 Å². The molecular formula is C12H12INO4. The van der Waals surface area contributed by atoms with Gasteiger partial charge in [-0.25, -0.2) is 9.59 Å². The molecule has 0 bridgehead atoms. The lowest BCUT2D eigenvalue weighted by molar-refractivity contribution is -0.144. The number of carbonyl (C=O) groups excluding carboxylic acids is 1. The Kier molecular flexibility index (Phi) is 3.47. The highest BCUT2D eigenvalue weighted by Crippen LogP contribution is 2.39. The molecule has 1 N–H and O–H groups in total. The van der Waals surface area contributed by atoms with Crippen LogP contribution in [0.4, 0.5) is 4.79 Å². The van der Waals surface area contributed by atoms with E-state index in [-0.39, 0.29) is 0 Å². The number of hydrogen-bond acceptors (Lipinski definition) is 3. The highest BCUT2D eigenvalue weighted by molar-refractivity contribution is 14.1. The molecular weight excluding hydrogens is 349 g/mol. The standard InChI is InChI=1S/C12H12INO4/c1-12(7-13)10(15)18-9(14(12)11(16)17)8-5-3-2-4-6-8/h2-6,9H,7H2,1H3,(H,16,17)/t9-,12?/m1/s1. The van der Waals surface area contributed by atoms with Gasteiger partial charge in [0.25, 0.3) is 0 Å². The molecule has 18 heavy (non-hydrogen) atoms. The molecule has 0 radical (unpaired) electrons. The highest BCUT2D eigenvalue weighted by Gasteiger charge is 2.54. The third-order valence-electron chi connectivity index (χ3n) is 2.98. The summed E-state index contributed by atoms with van der Waals surface area (Å²) in [5, 5.41) is 9.32. The van der Waals surface area contributed by atoms with Crippen molar-refractivity contribution in [1.82, 2.24) is 4.90 Å². The molecule has 0 saturated carbocycles. The maximum atomic E-state index is 11.9. The molecule has 1 amide bonds. The van der Waals surface area contributed by atoms with Crippen LogP contribution in [-0.2, 0) is 9.53 Å². The van der Waals surface area contributed by atoms with Gasteiger partial charge in [0.1, 0.15) is 0 Å². The Morgan fingerprint density at radius 3 is 2.61 bits per heavy atom. The molecule has 96 valence electrons. The van der Waals surface area contributed by atoms with E-state index in [2.05, 4.69) is 0 Å². The van der Waals surface area contributed by atoms with E-state index in [0.29, 0.717) is 9.99 Å². The summed E-state index contributed by atoms with van der Waals surface area (Å²) in [5.74, 6) is -0.506. The van der Waals surface area contributed by atoms with Gasteiger partial charge in [0, 0.05) is 9.99 Å². The minimum Gasteiger partial charge on any atom is -0.465 e. The molecule has 2 atom stereocenters. The first-order chi connectivity index (χ1) is 8.50. The van der Waals surface area contributed by atoms with E-state index in [1.54, 1.807) is 31.2 Å². The second-order valence-electron chi connectivity index (χ2n) is 4.23. The monoisotopic (exact) mass is 361 g/mol. The number of amides is 1. The summed E-state index contributed by atoms with van der Waals surface area (Å²) in [6.07, 6.45) is -2.02. The van der Waals surface area contributed by atoms with E-state index in [9.17, 15) is 14.7 Å². The summed E-state index contributed by atoms with van der Waals surface area (Å²) >= 11 is 1.99. The first-order valence-electron chi connectivity index (χ1n) is 5.35. The van der Waals surface area contributed by atoms with Gasteiger partial charge in [0.15, 0.2) is 5.54 Å². The number of carbonyl (C=O) groups is 2. The first-order valence-corrected chi connectivity index (χ1v) is 6.87. The minimum atomic E-state index is -1.16. The van der Waals surface area contributed by atoms with Crippen LogP contribution >= 0.6 is 22.6 Å². The van der Waals surface area contributed by atoms with Crippen molar-refractivity contribution in [2.75, 3.05) is 4.43 Å². The van der Waals surface area contributed by atoms with Gasteiger partial charge in [-0.15, -0.1) is 0 Å². The van der Waals surface area contributed by atoms with Crippen LogP contribution in [0.25, 0.3) is 0 Å². The van der Waals surface area contributed by atoms with E-state index in [1.165, 1.54) is 0 Å². The van der Waals surface area contributed by atoms with Gasteiger partial charge in [0.2, 0.25) is 6.23 Å². The lowest BCUT2D eigenvalue weighted by atomic mass is 10.0. The van der Waals surface area contributed by atoms with E-state index in [1.807, 2.05) is 28.7 Å².